The predicted molar refractivity (Wildman–Crippen MR) is 45.9 cm³/mol. The molecule has 1 heterocycles. The molecule has 3 heteroatoms. The van der Waals surface area contributed by atoms with Crippen molar-refractivity contribution in [2.75, 3.05) is 0 Å². The van der Waals surface area contributed by atoms with Crippen LogP contribution in [0.1, 0.15) is 5.56 Å². The zero-order chi connectivity index (χ0) is 8.55. The summed E-state index contributed by atoms with van der Waals surface area (Å²) in [5.41, 5.74) is 1.01. The van der Waals surface area contributed by atoms with Crippen LogP contribution in [-0.4, -0.2) is 15.3 Å². The predicted octanol–water partition coefficient (Wildman–Crippen LogP) is 1.64. The molecule has 0 amide bonds. The van der Waals surface area contributed by atoms with Gasteiger partial charge in [-0.2, -0.15) is 10.2 Å². The number of aromatic nitrogens is 2. The fraction of sp³-hybridized carbons (Fsp3) is 0.111. The van der Waals surface area contributed by atoms with E-state index in [-0.39, 0.29) is 5.75 Å². The van der Waals surface area contributed by atoms with Crippen molar-refractivity contribution in [3.8, 4) is 5.75 Å². The maximum atomic E-state index is 9.26. The maximum absolute atomic E-state index is 9.26. The van der Waals surface area contributed by atoms with Gasteiger partial charge < -0.3 is 5.11 Å². The first-order valence-electron chi connectivity index (χ1n) is 3.67. The topological polar surface area (TPSA) is 46.0 Å². The Hall–Kier alpha value is -1.64. The summed E-state index contributed by atoms with van der Waals surface area (Å²) in [6.45, 7) is 1.93. The summed E-state index contributed by atoms with van der Waals surface area (Å²) in [6.07, 6.45) is 3.34. The molecule has 0 saturated heterocycles. The van der Waals surface area contributed by atoms with Gasteiger partial charge >= 0.3 is 0 Å². The van der Waals surface area contributed by atoms with E-state index in [2.05, 4.69) is 10.2 Å². The van der Waals surface area contributed by atoms with E-state index in [0.717, 1.165) is 16.3 Å². The van der Waals surface area contributed by atoms with Crippen molar-refractivity contribution < 1.29 is 5.11 Å². The van der Waals surface area contributed by atoms with Crippen molar-refractivity contribution in [2.24, 2.45) is 0 Å². The monoisotopic (exact) mass is 160 g/mol. The second-order valence-electron chi connectivity index (χ2n) is 2.75. The number of benzene rings is 1. The van der Waals surface area contributed by atoms with Crippen LogP contribution in [0.3, 0.4) is 0 Å². The fourth-order valence-corrected chi connectivity index (χ4v) is 1.28. The van der Waals surface area contributed by atoms with E-state index in [4.69, 9.17) is 0 Å². The molecule has 0 aliphatic heterocycles. The molecular formula is C9H8N2O. The number of phenols is 1. The third kappa shape index (κ3) is 0.993. The van der Waals surface area contributed by atoms with Gasteiger partial charge in [0.1, 0.15) is 5.75 Å². The molecule has 0 fully saturated rings. The summed E-state index contributed by atoms with van der Waals surface area (Å²) in [7, 11) is 0. The van der Waals surface area contributed by atoms with Crippen LogP contribution < -0.4 is 0 Å². The van der Waals surface area contributed by atoms with Crippen molar-refractivity contribution in [1.29, 1.82) is 0 Å². The van der Waals surface area contributed by atoms with Gasteiger partial charge in [-0.1, -0.05) is 0 Å². The minimum absolute atomic E-state index is 0.271. The Morgan fingerprint density at radius 2 is 1.92 bits per heavy atom. The minimum atomic E-state index is 0.271. The Kier molecular flexibility index (Phi) is 1.43. The number of hydrogen-bond acceptors (Lipinski definition) is 3. The van der Waals surface area contributed by atoms with Crippen LogP contribution >= 0.6 is 0 Å². The van der Waals surface area contributed by atoms with Crippen LogP contribution in [0, 0.1) is 6.92 Å². The highest BCUT2D eigenvalue weighted by molar-refractivity contribution is 5.85. The Morgan fingerprint density at radius 1 is 1.17 bits per heavy atom. The Labute approximate surface area is 69.7 Å². The zero-order valence-corrected chi connectivity index (χ0v) is 6.65. The lowest BCUT2D eigenvalue weighted by Crippen LogP contribution is -1.83. The summed E-state index contributed by atoms with van der Waals surface area (Å²) in [4.78, 5) is 0. The molecule has 2 aromatic rings. The summed E-state index contributed by atoms with van der Waals surface area (Å²) in [5, 5.41) is 18.7. The van der Waals surface area contributed by atoms with Crippen LogP contribution in [0.4, 0.5) is 0 Å². The van der Waals surface area contributed by atoms with Crippen molar-refractivity contribution in [2.45, 2.75) is 6.92 Å². The lowest BCUT2D eigenvalue weighted by Gasteiger charge is -2.00. The molecular weight excluding hydrogens is 152 g/mol. The average Bonchev–Trinajstić information content (AvgIpc) is 2.04. The number of aryl methyl sites for hydroxylation is 1. The molecule has 0 bridgehead atoms. The highest BCUT2D eigenvalue weighted by Crippen LogP contribution is 2.21. The van der Waals surface area contributed by atoms with E-state index < -0.39 is 0 Å². The first-order valence-corrected chi connectivity index (χ1v) is 3.67. The van der Waals surface area contributed by atoms with Gasteiger partial charge in [0.2, 0.25) is 0 Å². The molecule has 0 radical (unpaired) electrons. The Bertz CT molecular complexity index is 426. The van der Waals surface area contributed by atoms with Gasteiger partial charge in [0.25, 0.3) is 0 Å². The lowest BCUT2D eigenvalue weighted by atomic mass is 10.1. The van der Waals surface area contributed by atoms with Gasteiger partial charge in [-0.3, -0.25) is 0 Å². The Morgan fingerprint density at radius 3 is 2.75 bits per heavy atom. The van der Waals surface area contributed by atoms with E-state index in [1.54, 1.807) is 24.5 Å². The molecule has 1 N–H and O–H groups in total. The van der Waals surface area contributed by atoms with E-state index in [1.807, 2.05) is 6.92 Å². The van der Waals surface area contributed by atoms with Crippen molar-refractivity contribution in [3.63, 3.8) is 0 Å². The second kappa shape index (κ2) is 2.44. The Balaban J connectivity index is 2.89. The average molecular weight is 160 g/mol. The minimum Gasteiger partial charge on any atom is -0.508 e. The summed E-state index contributed by atoms with van der Waals surface area (Å²) in [5.74, 6) is 0.271. The fourth-order valence-electron chi connectivity index (χ4n) is 1.28. The zero-order valence-electron chi connectivity index (χ0n) is 6.65. The molecule has 0 spiro atoms. The molecule has 1 aromatic carbocycles. The lowest BCUT2D eigenvalue weighted by molar-refractivity contribution is 0.476. The molecule has 0 unspecified atom stereocenters. The molecule has 1 aromatic heterocycles. The smallest absolute Gasteiger partial charge is 0.116 e. The van der Waals surface area contributed by atoms with Crippen LogP contribution in [0.25, 0.3) is 10.8 Å². The first kappa shape index (κ1) is 7.03. The third-order valence-corrected chi connectivity index (χ3v) is 1.85. The largest absolute Gasteiger partial charge is 0.508 e. The van der Waals surface area contributed by atoms with E-state index >= 15 is 0 Å². The number of rotatable bonds is 0. The summed E-state index contributed by atoms with van der Waals surface area (Å²) >= 11 is 0. The molecule has 0 aliphatic carbocycles. The second-order valence-corrected chi connectivity index (χ2v) is 2.75. The van der Waals surface area contributed by atoms with Gasteiger partial charge in [0.15, 0.2) is 0 Å². The van der Waals surface area contributed by atoms with E-state index in [0.29, 0.717) is 0 Å². The van der Waals surface area contributed by atoms with Gasteiger partial charge in [0, 0.05) is 10.8 Å². The van der Waals surface area contributed by atoms with Crippen LogP contribution in [0.5, 0.6) is 5.75 Å². The van der Waals surface area contributed by atoms with E-state index in [9.17, 15) is 5.11 Å². The van der Waals surface area contributed by atoms with Crippen molar-refractivity contribution in [3.05, 3.63) is 30.1 Å². The molecule has 2 rings (SSSR count). The van der Waals surface area contributed by atoms with Gasteiger partial charge in [-0.15, -0.1) is 0 Å². The van der Waals surface area contributed by atoms with E-state index in [1.165, 1.54) is 0 Å². The molecule has 60 valence electrons. The van der Waals surface area contributed by atoms with Crippen LogP contribution in [0.15, 0.2) is 24.5 Å². The molecule has 0 atom stereocenters. The maximum Gasteiger partial charge on any atom is 0.116 e. The van der Waals surface area contributed by atoms with Gasteiger partial charge in [-0.25, -0.2) is 0 Å². The summed E-state index contributed by atoms with van der Waals surface area (Å²) < 4.78 is 0. The van der Waals surface area contributed by atoms with Crippen LogP contribution in [-0.2, 0) is 0 Å². The number of nitrogens with zero attached hydrogens (tertiary/aromatic N) is 2. The standard InChI is InChI=1S/C9H8N2O/c1-6-2-8(12)3-7-4-10-11-5-9(6)7/h2-5,12H,1H3. The van der Waals surface area contributed by atoms with Gasteiger partial charge in [0.05, 0.1) is 12.4 Å². The van der Waals surface area contributed by atoms with Gasteiger partial charge in [-0.05, 0) is 24.6 Å². The number of fused-ring (bicyclic) bond motifs is 1. The quantitative estimate of drug-likeness (QED) is 0.637. The first-order chi connectivity index (χ1) is 5.77. The SMILES string of the molecule is Cc1cc(O)cc2cnncc12. The molecule has 0 saturated carbocycles. The summed E-state index contributed by atoms with van der Waals surface area (Å²) in [6, 6.07) is 3.39. The normalized spacial score (nSPS) is 10.4. The molecule has 0 aliphatic rings. The van der Waals surface area contributed by atoms with Crippen LogP contribution in [0.2, 0.25) is 0 Å². The number of phenolic OH excluding ortho intramolecular Hbond substituents is 1. The molecule has 3 nitrogen and oxygen atoms in total. The third-order valence-electron chi connectivity index (χ3n) is 1.85. The number of aromatic hydroxyl groups is 1. The van der Waals surface area contributed by atoms with Crippen molar-refractivity contribution in [1.82, 2.24) is 10.2 Å². The van der Waals surface area contributed by atoms with Crippen molar-refractivity contribution >= 4 is 10.8 Å². The highest BCUT2D eigenvalue weighted by atomic mass is 16.3. The highest BCUT2D eigenvalue weighted by Gasteiger charge is 1.98. The number of hydrogen-bond donors (Lipinski definition) is 1. The molecule has 12 heavy (non-hydrogen) atoms.